The van der Waals surface area contributed by atoms with E-state index in [2.05, 4.69) is 4.72 Å². The SMILES string of the molecule is COc1cc(C)c(C)cc1S(=O)(=O)NCC1COC2(CCCC2)O1. The second-order valence-corrected chi connectivity index (χ2v) is 8.34. The van der Waals surface area contributed by atoms with Crippen LogP contribution < -0.4 is 9.46 Å². The summed E-state index contributed by atoms with van der Waals surface area (Å²) in [4.78, 5) is 0.155. The Bertz CT molecular complexity index is 710. The van der Waals surface area contributed by atoms with Crippen molar-refractivity contribution >= 4 is 10.0 Å². The van der Waals surface area contributed by atoms with Crippen LogP contribution in [0.15, 0.2) is 17.0 Å². The molecule has 3 rings (SSSR count). The van der Waals surface area contributed by atoms with Crippen LogP contribution in [0.5, 0.6) is 5.75 Å². The van der Waals surface area contributed by atoms with E-state index < -0.39 is 15.8 Å². The Morgan fingerprint density at radius 3 is 2.58 bits per heavy atom. The molecule has 1 saturated heterocycles. The maximum absolute atomic E-state index is 12.7. The van der Waals surface area contributed by atoms with Crippen molar-refractivity contribution in [3.63, 3.8) is 0 Å². The first kappa shape index (κ1) is 17.7. The van der Waals surface area contributed by atoms with E-state index in [1.54, 1.807) is 12.1 Å². The first-order valence-electron chi connectivity index (χ1n) is 8.32. The van der Waals surface area contributed by atoms with Gasteiger partial charge in [-0.1, -0.05) is 0 Å². The Kier molecular flexibility index (Phi) is 4.88. The number of methoxy groups -OCH3 is 1. The summed E-state index contributed by atoms with van der Waals surface area (Å²) < 4.78 is 44.9. The summed E-state index contributed by atoms with van der Waals surface area (Å²) in [6, 6.07) is 3.38. The van der Waals surface area contributed by atoms with Gasteiger partial charge >= 0.3 is 0 Å². The van der Waals surface area contributed by atoms with E-state index in [-0.39, 0.29) is 17.5 Å². The van der Waals surface area contributed by atoms with Crippen LogP contribution in [-0.2, 0) is 19.5 Å². The lowest BCUT2D eigenvalue weighted by Gasteiger charge is -2.22. The first-order chi connectivity index (χ1) is 11.4. The molecule has 1 aliphatic carbocycles. The summed E-state index contributed by atoms with van der Waals surface area (Å²) in [5, 5.41) is 0. The minimum Gasteiger partial charge on any atom is -0.495 e. The van der Waals surface area contributed by atoms with Gasteiger partial charge in [0.05, 0.1) is 19.8 Å². The molecule has 1 unspecified atom stereocenters. The third kappa shape index (κ3) is 3.44. The van der Waals surface area contributed by atoms with Crippen molar-refractivity contribution in [3.8, 4) is 5.75 Å². The van der Waals surface area contributed by atoms with E-state index in [0.717, 1.165) is 36.8 Å². The van der Waals surface area contributed by atoms with Gasteiger partial charge < -0.3 is 14.2 Å². The van der Waals surface area contributed by atoms with Crippen LogP contribution in [0.2, 0.25) is 0 Å². The second-order valence-electron chi connectivity index (χ2n) is 6.61. The van der Waals surface area contributed by atoms with E-state index in [1.807, 2.05) is 13.8 Å². The molecule has 24 heavy (non-hydrogen) atoms. The van der Waals surface area contributed by atoms with Gasteiger partial charge in [0.15, 0.2) is 5.79 Å². The Balaban J connectivity index is 1.70. The molecule has 1 N–H and O–H groups in total. The van der Waals surface area contributed by atoms with Crippen molar-refractivity contribution in [1.82, 2.24) is 4.72 Å². The molecule has 1 aromatic carbocycles. The topological polar surface area (TPSA) is 73.9 Å². The summed E-state index contributed by atoms with van der Waals surface area (Å²) >= 11 is 0. The predicted molar refractivity (Wildman–Crippen MR) is 89.7 cm³/mol. The van der Waals surface area contributed by atoms with Crippen LogP contribution in [0.4, 0.5) is 0 Å². The van der Waals surface area contributed by atoms with Gasteiger partial charge in [0.25, 0.3) is 0 Å². The summed E-state index contributed by atoms with van der Waals surface area (Å²) in [5.41, 5.74) is 1.89. The van der Waals surface area contributed by atoms with Gasteiger partial charge in [0.2, 0.25) is 10.0 Å². The Morgan fingerprint density at radius 1 is 1.25 bits per heavy atom. The van der Waals surface area contributed by atoms with Crippen LogP contribution >= 0.6 is 0 Å². The zero-order valence-electron chi connectivity index (χ0n) is 14.4. The average Bonchev–Trinajstić information content (AvgIpc) is 3.18. The zero-order valence-corrected chi connectivity index (χ0v) is 15.2. The van der Waals surface area contributed by atoms with Crippen molar-refractivity contribution in [2.24, 2.45) is 0 Å². The largest absolute Gasteiger partial charge is 0.495 e. The van der Waals surface area contributed by atoms with Crippen molar-refractivity contribution < 1.29 is 22.6 Å². The molecule has 7 heteroatoms. The number of benzene rings is 1. The van der Waals surface area contributed by atoms with Gasteiger partial charge in [-0.3, -0.25) is 0 Å². The maximum atomic E-state index is 12.7. The van der Waals surface area contributed by atoms with Crippen LogP contribution in [0.3, 0.4) is 0 Å². The van der Waals surface area contributed by atoms with Gasteiger partial charge in [-0.2, -0.15) is 0 Å². The summed E-state index contributed by atoms with van der Waals surface area (Å²) in [7, 11) is -2.20. The molecule has 2 fully saturated rings. The first-order valence-corrected chi connectivity index (χ1v) is 9.80. The Labute approximate surface area is 143 Å². The second kappa shape index (κ2) is 6.63. The number of rotatable bonds is 5. The molecule has 0 aromatic heterocycles. The highest BCUT2D eigenvalue weighted by Gasteiger charge is 2.43. The third-order valence-electron chi connectivity index (χ3n) is 4.85. The van der Waals surface area contributed by atoms with Crippen LogP contribution in [0.25, 0.3) is 0 Å². The maximum Gasteiger partial charge on any atom is 0.244 e. The van der Waals surface area contributed by atoms with Crippen LogP contribution in [0, 0.1) is 13.8 Å². The van der Waals surface area contributed by atoms with Gasteiger partial charge in [-0.15, -0.1) is 0 Å². The summed E-state index contributed by atoms with van der Waals surface area (Å²) in [6.07, 6.45) is 3.72. The molecule has 1 aliphatic heterocycles. The minimum atomic E-state index is -3.68. The van der Waals surface area contributed by atoms with Crippen molar-refractivity contribution in [1.29, 1.82) is 0 Å². The highest BCUT2D eigenvalue weighted by atomic mass is 32.2. The van der Waals surface area contributed by atoms with Crippen LogP contribution in [-0.4, -0.2) is 40.6 Å². The van der Waals surface area contributed by atoms with Gasteiger partial charge in [-0.05, 0) is 49.9 Å². The van der Waals surface area contributed by atoms with Crippen molar-refractivity contribution in [3.05, 3.63) is 23.3 Å². The number of aryl methyl sites for hydroxylation is 2. The van der Waals surface area contributed by atoms with E-state index in [1.165, 1.54) is 7.11 Å². The van der Waals surface area contributed by atoms with Gasteiger partial charge in [0.1, 0.15) is 10.6 Å². The highest BCUT2D eigenvalue weighted by Crippen LogP contribution is 2.39. The van der Waals surface area contributed by atoms with Gasteiger partial charge in [-0.25, -0.2) is 13.1 Å². The van der Waals surface area contributed by atoms with Crippen molar-refractivity contribution in [2.45, 2.75) is 56.3 Å². The van der Waals surface area contributed by atoms with Crippen LogP contribution in [0.1, 0.15) is 36.8 Å². The molecule has 134 valence electrons. The lowest BCUT2D eigenvalue weighted by atomic mass is 10.1. The standard InChI is InChI=1S/C17H25NO5S/c1-12-8-15(21-3)16(9-13(12)2)24(19,20)18-10-14-11-22-17(23-14)6-4-5-7-17/h8-9,14,18H,4-7,10-11H2,1-3H3. The fourth-order valence-corrected chi connectivity index (χ4v) is 4.61. The predicted octanol–water partition coefficient (Wildman–Crippen LogP) is 2.28. The van der Waals surface area contributed by atoms with E-state index in [4.69, 9.17) is 14.2 Å². The normalized spacial score (nSPS) is 23.0. The Hall–Kier alpha value is -1.15. The minimum absolute atomic E-state index is 0.155. The van der Waals surface area contributed by atoms with E-state index in [9.17, 15) is 8.42 Å². The molecule has 1 heterocycles. The monoisotopic (exact) mass is 355 g/mol. The number of hydrogen-bond donors (Lipinski definition) is 1. The fourth-order valence-electron chi connectivity index (χ4n) is 3.31. The van der Waals surface area contributed by atoms with Gasteiger partial charge in [0, 0.05) is 19.4 Å². The summed E-state index contributed by atoms with van der Waals surface area (Å²) in [6.45, 7) is 4.42. The molecule has 1 aromatic rings. The number of ether oxygens (including phenoxy) is 3. The van der Waals surface area contributed by atoms with Crippen molar-refractivity contribution in [2.75, 3.05) is 20.3 Å². The molecule has 2 aliphatic rings. The Morgan fingerprint density at radius 2 is 1.92 bits per heavy atom. The lowest BCUT2D eigenvalue weighted by Crippen LogP contribution is -2.35. The quantitative estimate of drug-likeness (QED) is 0.877. The molecule has 1 saturated carbocycles. The van der Waals surface area contributed by atoms with E-state index >= 15 is 0 Å². The highest BCUT2D eigenvalue weighted by molar-refractivity contribution is 7.89. The third-order valence-corrected chi connectivity index (χ3v) is 6.29. The molecular formula is C17H25NO5S. The molecule has 0 bridgehead atoms. The lowest BCUT2D eigenvalue weighted by molar-refractivity contribution is -0.160. The zero-order chi connectivity index (χ0) is 17.4. The average molecular weight is 355 g/mol. The molecular weight excluding hydrogens is 330 g/mol. The fraction of sp³-hybridized carbons (Fsp3) is 0.647. The smallest absolute Gasteiger partial charge is 0.244 e. The molecule has 0 amide bonds. The number of sulfonamides is 1. The molecule has 1 atom stereocenters. The van der Waals surface area contributed by atoms with E-state index in [0.29, 0.717) is 12.4 Å². The number of nitrogens with one attached hydrogen (secondary N) is 1. The molecule has 0 radical (unpaired) electrons. The summed E-state index contributed by atoms with van der Waals surface area (Å²) in [5.74, 6) is -0.129. The molecule has 1 spiro atoms. The molecule has 6 nitrogen and oxygen atoms in total. The number of hydrogen-bond acceptors (Lipinski definition) is 5.